The molecule has 0 amide bonds. The zero-order valence-corrected chi connectivity index (χ0v) is 16.5. The van der Waals surface area contributed by atoms with Gasteiger partial charge in [0.15, 0.2) is 0 Å². The van der Waals surface area contributed by atoms with Crippen LogP contribution in [0.15, 0.2) is 72.8 Å². The molecule has 25 heavy (non-hydrogen) atoms. The Hall–Kier alpha value is -2.38. The summed E-state index contributed by atoms with van der Waals surface area (Å²) in [6.45, 7) is 0. The van der Waals surface area contributed by atoms with Gasteiger partial charge in [-0.2, -0.15) is 0 Å². The van der Waals surface area contributed by atoms with E-state index in [-0.39, 0.29) is 0 Å². The third-order valence-electron chi connectivity index (χ3n) is 3.93. The van der Waals surface area contributed by atoms with E-state index in [1.807, 2.05) is 18.2 Å². The molecule has 0 bridgehead atoms. The van der Waals surface area contributed by atoms with Crippen molar-refractivity contribution in [3.8, 4) is 17.2 Å². The van der Waals surface area contributed by atoms with Gasteiger partial charge in [-0.05, 0) is 0 Å². The first-order valence-electron chi connectivity index (χ1n) is 7.97. The summed E-state index contributed by atoms with van der Waals surface area (Å²) in [7, 11) is 5.11. The van der Waals surface area contributed by atoms with Crippen molar-refractivity contribution >= 4 is 27.7 Å². The quantitative estimate of drug-likeness (QED) is 0.599. The van der Waals surface area contributed by atoms with Gasteiger partial charge < -0.3 is 0 Å². The molecule has 0 unspecified atom stereocenters. The summed E-state index contributed by atoms with van der Waals surface area (Å²) in [5.41, 5.74) is 0. The first-order chi connectivity index (χ1) is 12.2. The van der Waals surface area contributed by atoms with Crippen molar-refractivity contribution < 1.29 is 14.2 Å². The van der Waals surface area contributed by atoms with Crippen LogP contribution in [0, 0.1) is 0 Å². The summed E-state index contributed by atoms with van der Waals surface area (Å²) in [5, 5.41) is 0. The van der Waals surface area contributed by atoms with E-state index in [1.165, 1.54) is 13.1 Å². The van der Waals surface area contributed by atoms with Crippen LogP contribution in [0.25, 0.3) is 0 Å². The van der Waals surface area contributed by atoms with Crippen LogP contribution in [-0.4, -0.2) is 36.0 Å². The van der Waals surface area contributed by atoms with Crippen LogP contribution < -0.4 is 27.3 Å². The van der Waals surface area contributed by atoms with Crippen LogP contribution in [0.5, 0.6) is 17.2 Å². The molecule has 0 spiro atoms. The molecular weight excluding hydrogens is 375 g/mol. The SMILES string of the molecule is COc1cccc([As](c2cccc(OC)c2)c2cccc(OC)c2)c1. The Morgan fingerprint density at radius 3 is 1.12 bits per heavy atom. The van der Waals surface area contributed by atoms with Gasteiger partial charge in [-0.25, -0.2) is 0 Å². The standard InChI is InChI=1S/C21H21AsO3/c1-23-19-10-4-7-16(13-19)22(17-8-5-11-20(14-17)24-2)18-9-6-12-21(15-18)25-3/h4-15H,1-3H3. The second-order valence-electron chi connectivity index (χ2n) is 5.44. The van der Waals surface area contributed by atoms with Crippen molar-refractivity contribution in [2.45, 2.75) is 0 Å². The number of rotatable bonds is 6. The normalized spacial score (nSPS) is 10.6. The molecule has 0 aromatic heterocycles. The van der Waals surface area contributed by atoms with E-state index in [0.29, 0.717) is 0 Å². The first kappa shape index (κ1) is 17.4. The van der Waals surface area contributed by atoms with Crippen molar-refractivity contribution in [3.63, 3.8) is 0 Å². The first-order valence-corrected chi connectivity index (χ1v) is 10.8. The van der Waals surface area contributed by atoms with Crippen molar-refractivity contribution in [3.05, 3.63) is 72.8 Å². The maximum atomic E-state index is 5.44. The average molecular weight is 396 g/mol. The molecule has 4 heteroatoms. The molecule has 3 rings (SSSR count). The summed E-state index contributed by atoms with van der Waals surface area (Å²) >= 11 is -1.76. The van der Waals surface area contributed by atoms with E-state index in [2.05, 4.69) is 54.6 Å². The molecule has 128 valence electrons. The second kappa shape index (κ2) is 8.13. The van der Waals surface area contributed by atoms with Gasteiger partial charge in [-0.1, -0.05) is 0 Å². The molecule has 3 aromatic rings. The molecular formula is C21H21AsO3. The van der Waals surface area contributed by atoms with E-state index in [9.17, 15) is 0 Å². The van der Waals surface area contributed by atoms with Gasteiger partial charge in [-0.15, -0.1) is 0 Å². The van der Waals surface area contributed by atoms with Gasteiger partial charge in [0.05, 0.1) is 0 Å². The van der Waals surface area contributed by atoms with Gasteiger partial charge in [0, 0.05) is 0 Å². The summed E-state index contributed by atoms with van der Waals surface area (Å²) < 4.78 is 20.2. The number of hydrogen-bond acceptors (Lipinski definition) is 3. The second-order valence-corrected chi connectivity index (χ2v) is 10.1. The fraction of sp³-hybridized carbons (Fsp3) is 0.143. The molecule has 3 aromatic carbocycles. The summed E-state index contributed by atoms with van der Waals surface area (Å²) in [6, 6.07) is 25.1. The Balaban J connectivity index is 2.16. The van der Waals surface area contributed by atoms with E-state index in [1.54, 1.807) is 21.3 Å². The Kier molecular flexibility index (Phi) is 5.67. The van der Waals surface area contributed by atoms with E-state index < -0.39 is 14.7 Å². The van der Waals surface area contributed by atoms with E-state index in [4.69, 9.17) is 14.2 Å². The molecule has 0 heterocycles. The third-order valence-corrected chi connectivity index (χ3v) is 8.94. The molecule has 0 aliphatic carbocycles. The molecule has 0 saturated heterocycles. The number of ether oxygens (including phenoxy) is 3. The predicted molar refractivity (Wildman–Crippen MR) is 104 cm³/mol. The Bertz CT molecular complexity index is 735. The summed E-state index contributed by atoms with van der Waals surface area (Å²) in [5.74, 6) is 2.63. The topological polar surface area (TPSA) is 27.7 Å². The zero-order valence-electron chi connectivity index (χ0n) is 14.6. The van der Waals surface area contributed by atoms with E-state index in [0.717, 1.165) is 17.2 Å². The maximum absolute atomic E-state index is 5.44. The summed E-state index contributed by atoms with van der Waals surface area (Å²) in [4.78, 5) is 0. The van der Waals surface area contributed by atoms with Crippen molar-refractivity contribution in [1.29, 1.82) is 0 Å². The van der Waals surface area contributed by atoms with Gasteiger partial charge in [-0.3, -0.25) is 0 Å². The van der Waals surface area contributed by atoms with Crippen LogP contribution in [0.3, 0.4) is 0 Å². The molecule has 0 atom stereocenters. The molecule has 0 radical (unpaired) electrons. The number of methoxy groups -OCH3 is 3. The fourth-order valence-electron chi connectivity index (χ4n) is 2.70. The van der Waals surface area contributed by atoms with Crippen LogP contribution in [0.2, 0.25) is 0 Å². The molecule has 0 aliphatic rings. The van der Waals surface area contributed by atoms with E-state index >= 15 is 0 Å². The Morgan fingerprint density at radius 2 is 0.840 bits per heavy atom. The molecule has 0 N–H and O–H groups in total. The van der Waals surface area contributed by atoms with Crippen molar-refractivity contribution in [1.82, 2.24) is 0 Å². The van der Waals surface area contributed by atoms with Gasteiger partial charge >= 0.3 is 153 Å². The minimum absolute atomic E-state index is 0.877. The van der Waals surface area contributed by atoms with Crippen LogP contribution in [-0.2, 0) is 0 Å². The average Bonchev–Trinajstić information content (AvgIpc) is 2.68. The number of hydrogen-bond donors (Lipinski definition) is 0. The predicted octanol–water partition coefficient (Wildman–Crippen LogP) is 2.23. The molecule has 0 fully saturated rings. The zero-order chi connectivity index (χ0) is 17.6. The van der Waals surface area contributed by atoms with Crippen molar-refractivity contribution in [2.24, 2.45) is 0 Å². The van der Waals surface area contributed by atoms with Gasteiger partial charge in [0.25, 0.3) is 0 Å². The van der Waals surface area contributed by atoms with Crippen LogP contribution in [0.4, 0.5) is 0 Å². The Morgan fingerprint density at radius 1 is 0.520 bits per heavy atom. The van der Waals surface area contributed by atoms with Crippen molar-refractivity contribution in [2.75, 3.05) is 21.3 Å². The molecule has 0 saturated carbocycles. The minimum atomic E-state index is -1.76. The molecule has 0 aliphatic heterocycles. The third kappa shape index (κ3) is 4.00. The fourth-order valence-corrected chi connectivity index (χ4v) is 7.67. The number of benzene rings is 3. The molecule has 3 nitrogen and oxygen atoms in total. The van der Waals surface area contributed by atoms with Gasteiger partial charge in [0.2, 0.25) is 0 Å². The van der Waals surface area contributed by atoms with Crippen LogP contribution >= 0.6 is 0 Å². The Labute approximate surface area is 153 Å². The van der Waals surface area contributed by atoms with Gasteiger partial charge in [0.1, 0.15) is 0 Å². The van der Waals surface area contributed by atoms with Crippen LogP contribution in [0.1, 0.15) is 0 Å². The summed E-state index contributed by atoms with van der Waals surface area (Å²) in [6.07, 6.45) is 0. The monoisotopic (exact) mass is 396 g/mol.